The van der Waals surface area contributed by atoms with Crippen molar-refractivity contribution in [1.29, 1.82) is 5.26 Å². The molecule has 1 unspecified atom stereocenters. The van der Waals surface area contributed by atoms with Gasteiger partial charge in [0, 0.05) is 6.54 Å². The van der Waals surface area contributed by atoms with Gasteiger partial charge in [-0.1, -0.05) is 24.3 Å². The number of hydrogen-bond acceptors (Lipinski definition) is 2. The molecule has 3 rings (SSSR count). The van der Waals surface area contributed by atoms with Gasteiger partial charge in [0.15, 0.2) is 0 Å². The number of nitriles is 1. The maximum absolute atomic E-state index is 9.01. The highest BCUT2D eigenvalue weighted by atomic mass is 35.5. The summed E-state index contributed by atoms with van der Waals surface area (Å²) in [6.07, 6.45) is 0. The fraction of sp³-hybridized carbons (Fsp3) is 0.176. The molecule has 0 bridgehead atoms. The number of alkyl halides is 1. The molecule has 0 spiro atoms. The summed E-state index contributed by atoms with van der Waals surface area (Å²) in [6, 6.07) is 17.8. The number of rotatable bonds is 3. The third-order valence-electron chi connectivity index (χ3n) is 3.44. The number of benzene rings is 2. The lowest BCUT2D eigenvalue weighted by molar-refractivity contribution is 0.742. The van der Waals surface area contributed by atoms with Crippen molar-refractivity contribution in [1.82, 2.24) is 9.55 Å². The molecule has 0 N–H and O–H groups in total. The van der Waals surface area contributed by atoms with Gasteiger partial charge in [-0.2, -0.15) is 5.26 Å². The SMILES string of the molecule is CC(Cl)c1nc2ccccc2n1Cc1cccc(C#N)c1. The number of imidazole rings is 1. The zero-order valence-corrected chi connectivity index (χ0v) is 12.4. The molecular weight excluding hydrogens is 282 g/mol. The minimum Gasteiger partial charge on any atom is -0.322 e. The predicted molar refractivity (Wildman–Crippen MR) is 84.3 cm³/mol. The number of hydrogen-bond donors (Lipinski definition) is 0. The molecule has 0 aliphatic rings. The van der Waals surface area contributed by atoms with E-state index in [9.17, 15) is 0 Å². The standard InChI is InChI=1S/C17H14ClN3/c1-12(18)17-20-15-7-2-3-8-16(15)21(17)11-14-6-4-5-13(9-14)10-19/h2-9,12H,11H2,1H3. The first-order valence-corrected chi connectivity index (χ1v) is 7.21. The van der Waals surface area contributed by atoms with Gasteiger partial charge in [-0.3, -0.25) is 0 Å². The Balaban J connectivity index is 2.10. The molecule has 3 nitrogen and oxygen atoms in total. The molecule has 0 amide bonds. The average Bonchev–Trinajstić information content (AvgIpc) is 2.87. The molecule has 0 saturated heterocycles. The van der Waals surface area contributed by atoms with E-state index in [-0.39, 0.29) is 5.38 Å². The van der Waals surface area contributed by atoms with Gasteiger partial charge >= 0.3 is 0 Å². The lowest BCUT2D eigenvalue weighted by Gasteiger charge is -2.11. The highest BCUT2D eigenvalue weighted by molar-refractivity contribution is 6.20. The van der Waals surface area contributed by atoms with Crippen molar-refractivity contribution in [2.75, 3.05) is 0 Å². The molecule has 4 heteroatoms. The second-order valence-corrected chi connectivity index (χ2v) is 5.63. The minimum absolute atomic E-state index is 0.170. The van der Waals surface area contributed by atoms with Crippen molar-refractivity contribution in [2.24, 2.45) is 0 Å². The minimum atomic E-state index is -0.170. The largest absolute Gasteiger partial charge is 0.322 e. The normalized spacial score (nSPS) is 12.2. The van der Waals surface area contributed by atoms with Crippen LogP contribution in [-0.2, 0) is 6.54 Å². The van der Waals surface area contributed by atoms with Crippen LogP contribution in [0.4, 0.5) is 0 Å². The van der Waals surface area contributed by atoms with Crippen LogP contribution in [0.5, 0.6) is 0 Å². The van der Waals surface area contributed by atoms with Crippen LogP contribution in [0.25, 0.3) is 11.0 Å². The van der Waals surface area contributed by atoms with Crippen molar-refractivity contribution >= 4 is 22.6 Å². The Morgan fingerprint density at radius 2 is 2.05 bits per heavy atom. The summed E-state index contributed by atoms with van der Waals surface area (Å²) >= 11 is 6.27. The number of fused-ring (bicyclic) bond motifs is 1. The lowest BCUT2D eigenvalue weighted by Crippen LogP contribution is -2.06. The Morgan fingerprint density at radius 3 is 2.81 bits per heavy atom. The lowest BCUT2D eigenvalue weighted by atomic mass is 10.1. The van der Waals surface area contributed by atoms with Crippen molar-refractivity contribution in [2.45, 2.75) is 18.8 Å². The summed E-state index contributed by atoms with van der Waals surface area (Å²) in [4.78, 5) is 4.62. The Hall–Kier alpha value is -2.31. The third-order valence-corrected chi connectivity index (χ3v) is 3.63. The third kappa shape index (κ3) is 2.63. The van der Waals surface area contributed by atoms with Gasteiger partial charge in [-0.05, 0) is 36.8 Å². The summed E-state index contributed by atoms with van der Waals surface area (Å²) < 4.78 is 2.11. The maximum Gasteiger partial charge on any atom is 0.128 e. The van der Waals surface area contributed by atoms with Gasteiger partial charge in [0.05, 0.1) is 28.0 Å². The van der Waals surface area contributed by atoms with Gasteiger partial charge in [-0.15, -0.1) is 11.6 Å². The molecular formula is C17H14ClN3. The predicted octanol–water partition coefficient (Wildman–Crippen LogP) is 4.26. The molecule has 21 heavy (non-hydrogen) atoms. The van der Waals surface area contributed by atoms with E-state index in [1.165, 1.54) is 0 Å². The quantitative estimate of drug-likeness (QED) is 0.678. The number of aromatic nitrogens is 2. The van der Waals surface area contributed by atoms with E-state index in [0.717, 1.165) is 22.4 Å². The molecule has 104 valence electrons. The number of para-hydroxylation sites is 2. The van der Waals surface area contributed by atoms with E-state index in [1.54, 1.807) is 6.07 Å². The highest BCUT2D eigenvalue weighted by Crippen LogP contribution is 2.25. The van der Waals surface area contributed by atoms with E-state index < -0.39 is 0 Å². The summed E-state index contributed by atoms with van der Waals surface area (Å²) in [6.45, 7) is 2.58. The van der Waals surface area contributed by atoms with Crippen LogP contribution in [0.15, 0.2) is 48.5 Å². The molecule has 1 aromatic heterocycles. The zero-order valence-electron chi connectivity index (χ0n) is 11.6. The monoisotopic (exact) mass is 295 g/mol. The Kier molecular flexibility index (Phi) is 3.64. The smallest absolute Gasteiger partial charge is 0.128 e. The Bertz CT molecular complexity index is 827. The second-order valence-electron chi connectivity index (χ2n) is 4.97. The average molecular weight is 296 g/mol. The number of halogens is 1. The fourth-order valence-electron chi connectivity index (χ4n) is 2.49. The summed E-state index contributed by atoms with van der Waals surface area (Å²) in [7, 11) is 0. The van der Waals surface area contributed by atoms with Crippen LogP contribution in [0, 0.1) is 11.3 Å². The molecule has 0 aliphatic carbocycles. The van der Waals surface area contributed by atoms with E-state index in [0.29, 0.717) is 12.1 Å². The van der Waals surface area contributed by atoms with Crippen LogP contribution in [0.2, 0.25) is 0 Å². The van der Waals surface area contributed by atoms with Crippen molar-refractivity contribution in [3.63, 3.8) is 0 Å². The van der Waals surface area contributed by atoms with Crippen molar-refractivity contribution < 1.29 is 0 Å². The zero-order chi connectivity index (χ0) is 14.8. The molecule has 0 fully saturated rings. The molecule has 0 saturated carbocycles. The second kappa shape index (κ2) is 5.59. The van der Waals surface area contributed by atoms with Crippen molar-refractivity contribution in [3.05, 3.63) is 65.5 Å². The van der Waals surface area contributed by atoms with E-state index in [1.807, 2.05) is 49.4 Å². The Labute approximate surface area is 128 Å². The maximum atomic E-state index is 9.01. The molecule has 1 heterocycles. The first kappa shape index (κ1) is 13.7. The topological polar surface area (TPSA) is 41.6 Å². The van der Waals surface area contributed by atoms with Gasteiger partial charge in [0.2, 0.25) is 0 Å². The molecule has 0 radical (unpaired) electrons. The first-order valence-electron chi connectivity index (χ1n) is 6.77. The summed E-state index contributed by atoms with van der Waals surface area (Å²) in [5.74, 6) is 0.847. The van der Waals surface area contributed by atoms with Crippen LogP contribution >= 0.6 is 11.6 Å². The van der Waals surface area contributed by atoms with E-state index in [4.69, 9.17) is 16.9 Å². The van der Waals surface area contributed by atoms with Gasteiger partial charge in [0.1, 0.15) is 5.82 Å². The first-order chi connectivity index (χ1) is 10.2. The van der Waals surface area contributed by atoms with Crippen LogP contribution < -0.4 is 0 Å². The van der Waals surface area contributed by atoms with Crippen LogP contribution in [-0.4, -0.2) is 9.55 Å². The molecule has 2 aromatic carbocycles. The van der Waals surface area contributed by atoms with Gasteiger partial charge in [0.25, 0.3) is 0 Å². The molecule has 3 aromatic rings. The van der Waals surface area contributed by atoms with Gasteiger partial charge < -0.3 is 4.57 Å². The van der Waals surface area contributed by atoms with Crippen LogP contribution in [0.1, 0.15) is 29.3 Å². The molecule has 0 aliphatic heterocycles. The fourth-order valence-corrected chi connectivity index (χ4v) is 2.65. The van der Waals surface area contributed by atoms with Crippen LogP contribution in [0.3, 0.4) is 0 Å². The summed E-state index contributed by atoms with van der Waals surface area (Å²) in [5, 5.41) is 8.84. The van der Waals surface area contributed by atoms with Gasteiger partial charge in [-0.25, -0.2) is 4.98 Å². The number of nitrogens with zero attached hydrogens (tertiary/aromatic N) is 3. The van der Waals surface area contributed by atoms with E-state index in [2.05, 4.69) is 15.6 Å². The van der Waals surface area contributed by atoms with E-state index >= 15 is 0 Å². The highest BCUT2D eigenvalue weighted by Gasteiger charge is 2.14. The summed E-state index contributed by atoms with van der Waals surface area (Å²) in [5.41, 5.74) is 3.73. The molecule has 1 atom stereocenters. The Morgan fingerprint density at radius 1 is 1.24 bits per heavy atom. The van der Waals surface area contributed by atoms with Crippen molar-refractivity contribution in [3.8, 4) is 6.07 Å².